The summed E-state index contributed by atoms with van der Waals surface area (Å²) in [5, 5.41) is 8.94. The summed E-state index contributed by atoms with van der Waals surface area (Å²) in [6.45, 7) is 8.58. The monoisotopic (exact) mass is 282 g/mol. The lowest BCUT2D eigenvalue weighted by Gasteiger charge is -2.18. The van der Waals surface area contributed by atoms with E-state index < -0.39 is 0 Å². The molecule has 2 N–H and O–H groups in total. The summed E-state index contributed by atoms with van der Waals surface area (Å²) in [7, 11) is 0. The van der Waals surface area contributed by atoms with E-state index in [2.05, 4.69) is 34.4 Å². The third kappa shape index (κ3) is 4.56. The first-order valence-corrected chi connectivity index (χ1v) is 7.71. The van der Waals surface area contributed by atoms with Crippen LogP contribution < -0.4 is 10.6 Å². The molecule has 2 heterocycles. The molecule has 19 heavy (non-hydrogen) atoms. The first-order valence-electron chi connectivity index (χ1n) is 6.83. The molecule has 1 amide bonds. The summed E-state index contributed by atoms with van der Waals surface area (Å²) in [6.07, 6.45) is 1.10. The maximum atomic E-state index is 12.0. The van der Waals surface area contributed by atoms with E-state index in [-0.39, 0.29) is 5.91 Å². The summed E-state index contributed by atoms with van der Waals surface area (Å²) in [5.74, 6) is 0.435. The van der Waals surface area contributed by atoms with Crippen molar-refractivity contribution in [1.82, 2.24) is 15.2 Å². The van der Waals surface area contributed by atoms with Crippen LogP contribution in [0.2, 0.25) is 0 Å². The maximum Gasteiger partial charge on any atom is 0.240 e. The number of carbonyl (C=O) groups is 1. The Hall–Kier alpha value is -0.980. The predicted octanol–water partition coefficient (Wildman–Crippen LogP) is 1.50. The van der Waals surface area contributed by atoms with E-state index in [0.717, 1.165) is 38.3 Å². The van der Waals surface area contributed by atoms with Crippen LogP contribution in [-0.4, -0.2) is 48.5 Å². The molecule has 0 unspecified atom stereocenters. The lowest BCUT2D eigenvalue weighted by molar-refractivity contribution is -0.117. The highest BCUT2D eigenvalue weighted by atomic mass is 32.1. The van der Waals surface area contributed by atoms with Crippen molar-refractivity contribution in [3.05, 3.63) is 11.1 Å². The zero-order valence-corrected chi connectivity index (χ0v) is 12.4. The van der Waals surface area contributed by atoms with E-state index >= 15 is 0 Å². The molecular weight excluding hydrogens is 260 g/mol. The highest BCUT2D eigenvalue weighted by Gasteiger charge is 2.14. The highest BCUT2D eigenvalue weighted by molar-refractivity contribution is 7.13. The number of thiazole rings is 1. The topological polar surface area (TPSA) is 57.3 Å². The number of nitrogens with one attached hydrogen (secondary N) is 2. The van der Waals surface area contributed by atoms with Crippen LogP contribution in [0.25, 0.3) is 0 Å². The Morgan fingerprint density at radius 1 is 1.53 bits per heavy atom. The second-order valence-corrected chi connectivity index (χ2v) is 6.02. The van der Waals surface area contributed by atoms with Gasteiger partial charge in [0, 0.05) is 18.5 Å². The zero-order valence-electron chi connectivity index (χ0n) is 11.6. The standard InChI is InChI=1S/C13H22N4OS/c1-10(2)11-9-19-13(15-11)16-12(18)8-17-6-3-4-14-5-7-17/h9-10,14H,3-8H2,1-2H3,(H,15,16,18). The molecule has 1 fully saturated rings. The van der Waals surface area contributed by atoms with Crippen LogP contribution in [0.15, 0.2) is 5.38 Å². The summed E-state index contributed by atoms with van der Waals surface area (Å²) < 4.78 is 0. The van der Waals surface area contributed by atoms with Gasteiger partial charge in [0.25, 0.3) is 0 Å². The Balaban J connectivity index is 1.82. The van der Waals surface area contributed by atoms with Crippen LogP contribution in [0.1, 0.15) is 31.9 Å². The fraction of sp³-hybridized carbons (Fsp3) is 0.692. The Morgan fingerprint density at radius 3 is 3.11 bits per heavy atom. The average molecular weight is 282 g/mol. The van der Waals surface area contributed by atoms with Gasteiger partial charge in [0.2, 0.25) is 5.91 Å². The average Bonchev–Trinajstić information content (AvgIpc) is 2.67. The van der Waals surface area contributed by atoms with E-state index in [1.165, 1.54) is 11.3 Å². The van der Waals surface area contributed by atoms with Gasteiger partial charge in [-0.2, -0.15) is 0 Å². The second kappa shape index (κ2) is 6.98. The molecule has 0 aromatic carbocycles. The number of carbonyl (C=O) groups excluding carboxylic acids is 1. The quantitative estimate of drug-likeness (QED) is 0.879. The van der Waals surface area contributed by atoms with Crippen LogP contribution in [0, 0.1) is 0 Å². The lowest BCUT2D eigenvalue weighted by atomic mass is 10.2. The summed E-state index contributed by atoms with van der Waals surface area (Å²) in [4.78, 5) is 18.6. The molecule has 1 aromatic rings. The van der Waals surface area contributed by atoms with Crippen molar-refractivity contribution in [3.8, 4) is 0 Å². The Morgan fingerprint density at radius 2 is 2.37 bits per heavy atom. The molecule has 1 aromatic heterocycles. The van der Waals surface area contributed by atoms with Gasteiger partial charge in [0.05, 0.1) is 12.2 Å². The van der Waals surface area contributed by atoms with Crippen LogP contribution >= 0.6 is 11.3 Å². The molecule has 0 spiro atoms. The van der Waals surface area contributed by atoms with Crippen molar-refractivity contribution in [2.75, 3.05) is 38.0 Å². The predicted molar refractivity (Wildman–Crippen MR) is 78.8 cm³/mol. The van der Waals surface area contributed by atoms with E-state index in [9.17, 15) is 4.79 Å². The Kier molecular flexibility index (Phi) is 5.30. The van der Waals surface area contributed by atoms with Gasteiger partial charge in [-0.3, -0.25) is 9.69 Å². The minimum absolute atomic E-state index is 0.0338. The molecule has 6 heteroatoms. The molecule has 0 radical (unpaired) electrons. The minimum atomic E-state index is 0.0338. The first kappa shape index (κ1) is 14.4. The van der Waals surface area contributed by atoms with Gasteiger partial charge in [0.15, 0.2) is 5.13 Å². The van der Waals surface area contributed by atoms with E-state index in [0.29, 0.717) is 17.6 Å². The van der Waals surface area contributed by atoms with Crippen molar-refractivity contribution >= 4 is 22.4 Å². The molecule has 0 atom stereocenters. The SMILES string of the molecule is CC(C)c1csc(NC(=O)CN2CCCNCC2)n1. The fourth-order valence-corrected chi connectivity index (χ4v) is 2.92. The van der Waals surface area contributed by atoms with E-state index in [4.69, 9.17) is 0 Å². The molecule has 1 aliphatic heterocycles. The molecule has 106 valence electrons. The number of rotatable bonds is 4. The molecular formula is C13H22N4OS. The Bertz CT molecular complexity index is 411. The van der Waals surface area contributed by atoms with Gasteiger partial charge >= 0.3 is 0 Å². The fourth-order valence-electron chi connectivity index (χ4n) is 2.03. The molecule has 0 aliphatic carbocycles. The molecule has 5 nitrogen and oxygen atoms in total. The van der Waals surface area contributed by atoms with Crippen molar-refractivity contribution in [1.29, 1.82) is 0 Å². The van der Waals surface area contributed by atoms with Crippen molar-refractivity contribution in [3.63, 3.8) is 0 Å². The number of anilines is 1. The molecule has 1 saturated heterocycles. The third-order valence-corrected chi connectivity index (χ3v) is 3.94. The number of aromatic nitrogens is 1. The molecule has 0 bridgehead atoms. The largest absolute Gasteiger partial charge is 0.315 e. The third-order valence-electron chi connectivity index (χ3n) is 3.16. The van der Waals surface area contributed by atoms with Gasteiger partial charge in [-0.25, -0.2) is 4.98 Å². The van der Waals surface area contributed by atoms with Crippen molar-refractivity contribution in [2.24, 2.45) is 0 Å². The summed E-state index contributed by atoms with van der Waals surface area (Å²) in [5.41, 5.74) is 1.04. The number of hydrogen-bond donors (Lipinski definition) is 2. The molecule has 2 rings (SSSR count). The lowest BCUT2D eigenvalue weighted by Crippen LogP contribution is -2.35. The normalized spacial score (nSPS) is 17.4. The Labute approximate surface area is 118 Å². The number of nitrogens with zero attached hydrogens (tertiary/aromatic N) is 2. The minimum Gasteiger partial charge on any atom is -0.315 e. The van der Waals surface area contributed by atoms with Gasteiger partial charge in [-0.05, 0) is 25.4 Å². The number of hydrogen-bond acceptors (Lipinski definition) is 5. The van der Waals surface area contributed by atoms with Gasteiger partial charge in [-0.15, -0.1) is 11.3 Å². The van der Waals surface area contributed by atoms with Crippen molar-refractivity contribution in [2.45, 2.75) is 26.2 Å². The van der Waals surface area contributed by atoms with Gasteiger partial charge in [0.1, 0.15) is 0 Å². The van der Waals surface area contributed by atoms with E-state index in [1.807, 2.05) is 5.38 Å². The highest BCUT2D eigenvalue weighted by Crippen LogP contribution is 2.21. The summed E-state index contributed by atoms with van der Waals surface area (Å²) in [6, 6.07) is 0. The van der Waals surface area contributed by atoms with Crippen molar-refractivity contribution < 1.29 is 4.79 Å². The first-order chi connectivity index (χ1) is 9.15. The van der Waals surface area contributed by atoms with Crippen LogP contribution in [-0.2, 0) is 4.79 Å². The van der Waals surface area contributed by atoms with E-state index in [1.54, 1.807) is 0 Å². The number of amides is 1. The van der Waals surface area contributed by atoms with Gasteiger partial charge < -0.3 is 10.6 Å². The maximum absolute atomic E-state index is 12.0. The smallest absolute Gasteiger partial charge is 0.240 e. The van der Waals surface area contributed by atoms with Crippen LogP contribution in [0.5, 0.6) is 0 Å². The molecule has 0 saturated carbocycles. The van der Waals surface area contributed by atoms with Gasteiger partial charge in [-0.1, -0.05) is 13.8 Å². The summed E-state index contributed by atoms with van der Waals surface area (Å²) >= 11 is 1.50. The van der Waals surface area contributed by atoms with Crippen LogP contribution in [0.4, 0.5) is 5.13 Å². The molecule has 1 aliphatic rings. The van der Waals surface area contributed by atoms with Crippen LogP contribution in [0.3, 0.4) is 0 Å². The zero-order chi connectivity index (χ0) is 13.7. The second-order valence-electron chi connectivity index (χ2n) is 5.16.